The Labute approximate surface area is 179 Å². The number of hydrogen-bond donors (Lipinski definition) is 2. The summed E-state index contributed by atoms with van der Waals surface area (Å²) in [6, 6.07) is 14.0. The summed E-state index contributed by atoms with van der Waals surface area (Å²) in [5, 5.41) is 12.1. The normalized spacial score (nSPS) is 11.3. The second kappa shape index (κ2) is 8.99. The number of anilines is 1. The predicted octanol–water partition coefficient (Wildman–Crippen LogP) is 6.01. The molecular formula is C23H24ClN3OS. The van der Waals surface area contributed by atoms with E-state index in [2.05, 4.69) is 29.0 Å². The van der Waals surface area contributed by atoms with Crippen molar-refractivity contribution in [3.8, 4) is 5.75 Å². The zero-order chi connectivity index (χ0) is 20.2. The number of aromatic nitrogens is 1. The highest BCUT2D eigenvalue weighted by Gasteiger charge is 2.10. The summed E-state index contributed by atoms with van der Waals surface area (Å²) in [6.45, 7) is 4.92. The summed E-state index contributed by atoms with van der Waals surface area (Å²) in [5.74, 6) is 0.823. The molecule has 0 aliphatic carbocycles. The molecule has 4 rings (SSSR count). The van der Waals surface area contributed by atoms with Crippen LogP contribution in [0.2, 0.25) is 5.02 Å². The van der Waals surface area contributed by atoms with Gasteiger partial charge in [0.1, 0.15) is 5.75 Å². The number of methoxy groups -OCH3 is 1. The zero-order valence-electron chi connectivity index (χ0n) is 16.6. The largest absolute Gasteiger partial charge is 0.497 e. The topological polar surface area (TPSA) is 46.2 Å². The maximum atomic E-state index is 6.20. The van der Waals surface area contributed by atoms with Crippen LogP contribution in [-0.2, 0) is 6.54 Å². The van der Waals surface area contributed by atoms with Crippen molar-refractivity contribution < 1.29 is 4.74 Å². The average Bonchev–Trinajstić information content (AvgIpc) is 3.14. The van der Waals surface area contributed by atoms with Gasteiger partial charge in [-0.25, -0.2) is 4.98 Å². The number of pyridine rings is 1. The van der Waals surface area contributed by atoms with Gasteiger partial charge in [0.15, 0.2) is 0 Å². The SMILES string of the molecule is COc1ccc2nc3cc(Cl)ccc3c(NCCCNCc3sccc3C)c2c1. The molecule has 0 atom stereocenters. The fourth-order valence-electron chi connectivity index (χ4n) is 3.43. The first-order valence-electron chi connectivity index (χ1n) is 9.70. The quantitative estimate of drug-likeness (QED) is 0.268. The molecule has 0 spiro atoms. The number of benzene rings is 2. The van der Waals surface area contributed by atoms with Crippen molar-refractivity contribution in [2.45, 2.75) is 19.9 Å². The van der Waals surface area contributed by atoms with E-state index >= 15 is 0 Å². The lowest BCUT2D eigenvalue weighted by atomic mass is 10.1. The Morgan fingerprint density at radius 2 is 1.93 bits per heavy atom. The Morgan fingerprint density at radius 1 is 1.03 bits per heavy atom. The molecule has 0 unspecified atom stereocenters. The van der Waals surface area contributed by atoms with Gasteiger partial charge in [-0.15, -0.1) is 11.3 Å². The van der Waals surface area contributed by atoms with E-state index in [0.29, 0.717) is 5.02 Å². The molecule has 0 saturated carbocycles. The van der Waals surface area contributed by atoms with Crippen LogP contribution >= 0.6 is 22.9 Å². The molecule has 4 nitrogen and oxygen atoms in total. The molecule has 150 valence electrons. The van der Waals surface area contributed by atoms with Crippen molar-refractivity contribution >= 4 is 50.4 Å². The van der Waals surface area contributed by atoms with Crippen molar-refractivity contribution in [2.24, 2.45) is 0 Å². The molecular weight excluding hydrogens is 402 g/mol. The standard InChI is InChI=1S/C23H24ClN3OS/c1-15-8-11-29-22(15)14-25-9-3-10-26-23-18-6-4-16(24)12-21(18)27-20-7-5-17(28-2)13-19(20)23/h4-8,11-13,25H,3,9-10,14H2,1-2H3,(H,26,27). The Balaban J connectivity index is 1.50. The lowest BCUT2D eigenvalue weighted by Crippen LogP contribution is -2.17. The highest BCUT2D eigenvalue weighted by Crippen LogP contribution is 2.34. The molecule has 6 heteroatoms. The van der Waals surface area contributed by atoms with E-state index in [9.17, 15) is 0 Å². The van der Waals surface area contributed by atoms with Gasteiger partial charge in [-0.05, 0) is 73.3 Å². The maximum absolute atomic E-state index is 6.20. The van der Waals surface area contributed by atoms with E-state index in [1.54, 1.807) is 7.11 Å². The first kappa shape index (κ1) is 20.0. The third-order valence-electron chi connectivity index (χ3n) is 5.03. The molecule has 0 bridgehead atoms. The fourth-order valence-corrected chi connectivity index (χ4v) is 4.47. The van der Waals surface area contributed by atoms with Crippen LogP contribution in [0.5, 0.6) is 5.75 Å². The van der Waals surface area contributed by atoms with Crippen LogP contribution in [-0.4, -0.2) is 25.2 Å². The molecule has 0 aliphatic heterocycles. The monoisotopic (exact) mass is 425 g/mol. The molecule has 0 saturated heterocycles. The molecule has 2 heterocycles. The van der Waals surface area contributed by atoms with Crippen molar-refractivity contribution in [2.75, 3.05) is 25.5 Å². The van der Waals surface area contributed by atoms with Gasteiger partial charge in [0.05, 0.1) is 23.8 Å². The summed E-state index contributed by atoms with van der Waals surface area (Å²) >= 11 is 8.01. The van der Waals surface area contributed by atoms with Gasteiger partial charge in [0, 0.05) is 33.8 Å². The first-order valence-corrected chi connectivity index (χ1v) is 11.0. The lowest BCUT2D eigenvalue weighted by molar-refractivity contribution is 0.415. The van der Waals surface area contributed by atoms with E-state index in [1.165, 1.54) is 10.4 Å². The van der Waals surface area contributed by atoms with Gasteiger partial charge in [-0.1, -0.05) is 11.6 Å². The van der Waals surface area contributed by atoms with Gasteiger partial charge >= 0.3 is 0 Å². The smallest absolute Gasteiger partial charge is 0.119 e. The van der Waals surface area contributed by atoms with E-state index in [0.717, 1.165) is 59.3 Å². The zero-order valence-corrected chi connectivity index (χ0v) is 18.2. The number of thiophene rings is 1. The lowest BCUT2D eigenvalue weighted by Gasteiger charge is -2.14. The number of nitrogens with zero attached hydrogens (tertiary/aromatic N) is 1. The van der Waals surface area contributed by atoms with Gasteiger partial charge in [0.25, 0.3) is 0 Å². The van der Waals surface area contributed by atoms with Gasteiger partial charge < -0.3 is 15.4 Å². The highest BCUT2D eigenvalue weighted by molar-refractivity contribution is 7.10. The Kier molecular flexibility index (Phi) is 6.19. The van der Waals surface area contributed by atoms with Gasteiger partial charge in [-0.3, -0.25) is 0 Å². The van der Waals surface area contributed by atoms with E-state index in [-0.39, 0.29) is 0 Å². The molecule has 4 aromatic rings. The van der Waals surface area contributed by atoms with Crippen LogP contribution in [0.1, 0.15) is 16.9 Å². The maximum Gasteiger partial charge on any atom is 0.119 e. The minimum Gasteiger partial charge on any atom is -0.497 e. The van der Waals surface area contributed by atoms with Crippen LogP contribution < -0.4 is 15.4 Å². The molecule has 0 fully saturated rings. The summed E-state index contributed by atoms with van der Waals surface area (Å²) in [4.78, 5) is 6.19. The molecule has 0 amide bonds. The predicted molar refractivity (Wildman–Crippen MR) is 125 cm³/mol. The van der Waals surface area contributed by atoms with Crippen molar-refractivity contribution in [3.05, 3.63) is 63.3 Å². The Morgan fingerprint density at radius 3 is 2.72 bits per heavy atom. The molecule has 29 heavy (non-hydrogen) atoms. The number of ether oxygens (including phenoxy) is 1. The van der Waals surface area contributed by atoms with Crippen LogP contribution in [0.15, 0.2) is 47.8 Å². The number of hydrogen-bond acceptors (Lipinski definition) is 5. The van der Waals surface area contributed by atoms with Crippen LogP contribution in [0.3, 0.4) is 0 Å². The third kappa shape index (κ3) is 4.47. The molecule has 0 radical (unpaired) electrons. The second-order valence-electron chi connectivity index (χ2n) is 7.02. The number of aryl methyl sites for hydroxylation is 1. The van der Waals surface area contributed by atoms with E-state index in [4.69, 9.17) is 21.3 Å². The number of nitrogens with one attached hydrogen (secondary N) is 2. The summed E-state index contributed by atoms with van der Waals surface area (Å²) < 4.78 is 5.43. The fraction of sp³-hybridized carbons (Fsp3) is 0.261. The van der Waals surface area contributed by atoms with Gasteiger partial charge in [0.2, 0.25) is 0 Å². The Bertz CT molecular complexity index is 1140. The third-order valence-corrected chi connectivity index (χ3v) is 6.29. The summed E-state index contributed by atoms with van der Waals surface area (Å²) in [5.41, 5.74) is 4.26. The van der Waals surface area contributed by atoms with E-state index in [1.807, 2.05) is 47.7 Å². The number of fused-ring (bicyclic) bond motifs is 2. The minimum absolute atomic E-state index is 0.692. The Hall–Kier alpha value is -2.34. The average molecular weight is 426 g/mol. The van der Waals surface area contributed by atoms with Crippen LogP contribution in [0.4, 0.5) is 5.69 Å². The van der Waals surface area contributed by atoms with Crippen LogP contribution in [0.25, 0.3) is 21.8 Å². The van der Waals surface area contributed by atoms with E-state index < -0.39 is 0 Å². The molecule has 0 aliphatic rings. The summed E-state index contributed by atoms with van der Waals surface area (Å²) in [7, 11) is 1.68. The first-order chi connectivity index (χ1) is 14.2. The number of halogens is 1. The van der Waals surface area contributed by atoms with Crippen molar-refractivity contribution in [3.63, 3.8) is 0 Å². The minimum atomic E-state index is 0.692. The van der Waals surface area contributed by atoms with Crippen molar-refractivity contribution in [1.29, 1.82) is 0 Å². The molecule has 2 aromatic heterocycles. The number of rotatable bonds is 8. The molecule has 2 N–H and O–H groups in total. The van der Waals surface area contributed by atoms with Gasteiger partial charge in [-0.2, -0.15) is 0 Å². The van der Waals surface area contributed by atoms with Crippen LogP contribution in [0, 0.1) is 6.92 Å². The second-order valence-corrected chi connectivity index (χ2v) is 8.45. The molecule has 2 aromatic carbocycles. The highest BCUT2D eigenvalue weighted by atomic mass is 35.5. The van der Waals surface area contributed by atoms with Crippen molar-refractivity contribution in [1.82, 2.24) is 10.3 Å². The summed E-state index contributed by atoms with van der Waals surface area (Å²) in [6.07, 6.45) is 1.02.